The van der Waals surface area contributed by atoms with Crippen molar-refractivity contribution in [3.8, 4) is 5.75 Å². The molecule has 3 nitrogen and oxygen atoms in total. The van der Waals surface area contributed by atoms with Gasteiger partial charge in [0.15, 0.2) is 12.1 Å². The molecule has 0 amide bonds. The van der Waals surface area contributed by atoms with Gasteiger partial charge < -0.3 is 4.74 Å². The van der Waals surface area contributed by atoms with Crippen LogP contribution in [0, 0.1) is 6.92 Å². The maximum absolute atomic E-state index is 11.4. The van der Waals surface area contributed by atoms with Crippen LogP contribution >= 0.6 is 11.6 Å². The lowest BCUT2D eigenvalue weighted by Crippen LogP contribution is -2.05. The van der Waals surface area contributed by atoms with E-state index in [-0.39, 0.29) is 11.7 Å². The molecule has 80 valence electrons. The average Bonchev–Trinajstić information content (AvgIpc) is 2.27. The summed E-state index contributed by atoms with van der Waals surface area (Å²) in [5.41, 5.74) is 1.65. The van der Waals surface area contributed by atoms with Gasteiger partial charge in [0, 0.05) is 5.56 Å². The van der Waals surface area contributed by atoms with Crippen molar-refractivity contribution in [3.05, 3.63) is 28.8 Å². The van der Waals surface area contributed by atoms with Crippen LogP contribution in [0.2, 0.25) is 0 Å². The van der Waals surface area contributed by atoms with Crippen molar-refractivity contribution >= 4 is 23.7 Å². The number of hydrogen-bond donors (Lipinski definition) is 0. The maximum Gasteiger partial charge on any atom is 0.177 e. The Morgan fingerprint density at radius 1 is 1.53 bits per heavy atom. The average molecular weight is 227 g/mol. The fraction of sp³-hybridized carbons (Fsp3) is 0.273. The first kappa shape index (κ1) is 11.7. The number of Topliss-reactive ketones (excluding diaryl/α,β-unsaturated/α-hetero) is 1. The molecule has 0 fully saturated rings. The van der Waals surface area contributed by atoms with Crippen LogP contribution in [-0.2, 0) is 0 Å². The number of carbonyl (C=O) groups is 2. The highest BCUT2D eigenvalue weighted by molar-refractivity contribution is 6.30. The molecular weight excluding hydrogens is 216 g/mol. The Kier molecular flexibility index (Phi) is 3.86. The smallest absolute Gasteiger partial charge is 0.177 e. The summed E-state index contributed by atoms with van der Waals surface area (Å²) in [5, 5.41) is 0. The molecular formula is C11H11ClO3. The van der Waals surface area contributed by atoms with E-state index in [0.717, 1.165) is 5.56 Å². The fourth-order valence-electron chi connectivity index (χ4n) is 1.35. The van der Waals surface area contributed by atoms with E-state index in [4.69, 9.17) is 16.3 Å². The van der Waals surface area contributed by atoms with Crippen molar-refractivity contribution in [2.24, 2.45) is 0 Å². The molecule has 15 heavy (non-hydrogen) atoms. The number of aryl methyl sites for hydroxylation is 1. The largest absolute Gasteiger partial charge is 0.496 e. The molecule has 0 unspecified atom stereocenters. The third-order valence-electron chi connectivity index (χ3n) is 2.13. The lowest BCUT2D eigenvalue weighted by atomic mass is 10.0. The van der Waals surface area contributed by atoms with Crippen LogP contribution in [0.3, 0.4) is 0 Å². The van der Waals surface area contributed by atoms with Crippen LogP contribution < -0.4 is 4.74 Å². The van der Waals surface area contributed by atoms with Crippen LogP contribution in [-0.4, -0.2) is 25.1 Å². The van der Waals surface area contributed by atoms with Gasteiger partial charge in [-0.15, -0.1) is 11.6 Å². The van der Waals surface area contributed by atoms with Gasteiger partial charge in [-0.1, -0.05) is 0 Å². The van der Waals surface area contributed by atoms with E-state index in [1.165, 1.54) is 7.11 Å². The molecule has 0 N–H and O–H groups in total. The van der Waals surface area contributed by atoms with Gasteiger partial charge in [0.05, 0.1) is 18.6 Å². The summed E-state index contributed by atoms with van der Waals surface area (Å²) in [6, 6.07) is 3.16. The second-order valence-corrected chi connectivity index (χ2v) is 3.35. The van der Waals surface area contributed by atoms with Gasteiger partial charge in [0.1, 0.15) is 5.75 Å². The summed E-state index contributed by atoms with van der Waals surface area (Å²) < 4.78 is 5.00. The first-order valence-electron chi connectivity index (χ1n) is 4.37. The molecule has 0 spiro atoms. The molecule has 1 rings (SSSR count). The highest BCUT2D eigenvalue weighted by atomic mass is 35.5. The molecule has 0 aliphatic rings. The van der Waals surface area contributed by atoms with E-state index in [1.807, 2.05) is 0 Å². The highest BCUT2D eigenvalue weighted by Gasteiger charge is 2.12. The van der Waals surface area contributed by atoms with Crippen molar-refractivity contribution in [1.29, 1.82) is 0 Å². The van der Waals surface area contributed by atoms with Gasteiger partial charge in [-0.05, 0) is 24.6 Å². The summed E-state index contributed by atoms with van der Waals surface area (Å²) in [6.07, 6.45) is 0.695. The molecule has 0 aliphatic heterocycles. The first-order chi connectivity index (χ1) is 7.13. The predicted molar refractivity (Wildman–Crippen MR) is 58.2 cm³/mol. The van der Waals surface area contributed by atoms with Crippen molar-refractivity contribution in [2.45, 2.75) is 6.92 Å². The van der Waals surface area contributed by atoms with Crippen LogP contribution in [0.5, 0.6) is 5.75 Å². The number of hydrogen-bond acceptors (Lipinski definition) is 3. The molecule has 0 radical (unpaired) electrons. The number of halogens is 1. The zero-order chi connectivity index (χ0) is 11.4. The van der Waals surface area contributed by atoms with E-state index >= 15 is 0 Å². The minimum absolute atomic E-state index is 0.0789. The Balaban J connectivity index is 3.31. The van der Waals surface area contributed by atoms with Gasteiger partial charge in [0.2, 0.25) is 0 Å². The van der Waals surface area contributed by atoms with Crippen molar-refractivity contribution in [3.63, 3.8) is 0 Å². The molecule has 0 bridgehead atoms. The summed E-state index contributed by atoms with van der Waals surface area (Å²) in [6.45, 7) is 1.76. The van der Waals surface area contributed by atoms with Crippen molar-refractivity contribution in [1.82, 2.24) is 0 Å². The number of alkyl halides is 1. The topological polar surface area (TPSA) is 43.4 Å². The number of carbonyl (C=O) groups excluding carboxylic acids is 2. The summed E-state index contributed by atoms with van der Waals surface area (Å²) in [4.78, 5) is 22.1. The second kappa shape index (κ2) is 4.94. The normalized spacial score (nSPS) is 9.80. The summed E-state index contributed by atoms with van der Waals surface area (Å²) in [5.74, 6) is 0.138. The van der Waals surface area contributed by atoms with Gasteiger partial charge in [-0.25, -0.2) is 0 Å². The minimum Gasteiger partial charge on any atom is -0.496 e. The number of ether oxygens (including phenoxy) is 1. The first-order valence-corrected chi connectivity index (χ1v) is 4.90. The third kappa shape index (κ3) is 2.36. The fourth-order valence-corrected chi connectivity index (χ4v) is 1.50. The minimum atomic E-state index is -0.176. The predicted octanol–water partition coefficient (Wildman–Crippen LogP) is 2.24. The molecule has 0 saturated carbocycles. The van der Waals surface area contributed by atoms with Crippen LogP contribution in [0.25, 0.3) is 0 Å². The maximum atomic E-state index is 11.4. The Bertz CT molecular complexity index is 399. The second-order valence-electron chi connectivity index (χ2n) is 3.08. The highest BCUT2D eigenvalue weighted by Crippen LogP contribution is 2.22. The van der Waals surface area contributed by atoms with Gasteiger partial charge >= 0.3 is 0 Å². The molecule has 0 aromatic heterocycles. The summed E-state index contributed by atoms with van der Waals surface area (Å²) >= 11 is 5.47. The molecule has 4 heteroatoms. The van der Waals surface area contributed by atoms with Crippen molar-refractivity contribution < 1.29 is 14.3 Å². The zero-order valence-electron chi connectivity index (χ0n) is 8.54. The van der Waals surface area contributed by atoms with Crippen LogP contribution in [0.4, 0.5) is 0 Å². The van der Waals surface area contributed by atoms with E-state index in [9.17, 15) is 9.59 Å². The molecule has 1 aromatic rings. The van der Waals surface area contributed by atoms with E-state index < -0.39 is 0 Å². The molecule has 0 atom stereocenters. The SMILES string of the molecule is COc1cc(C(=O)CCl)c(C)cc1C=O. The number of ketones is 1. The third-order valence-corrected chi connectivity index (χ3v) is 2.37. The zero-order valence-corrected chi connectivity index (χ0v) is 9.30. The lowest BCUT2D eigenvalue weighted by Gasteiger charge is -2.08. The van der Waals surface area contributed by atoms with Gasteiger partial charge in [0.25, 0.3) is 0 Å². The number of rotatable bonds is 4. The number of methoxy groups -OCH3 is 1. The number of benzene rings is 1. The monoisotopic (exact) mass is 226 g/mol. The molecule has 0 heterocycles. The number of aldehydes is 1. The lowest BCUT2D eigenvalue weighted by molar-refractivity contribution is 0.101. The Morgan fingerprint density at radius 3 is 2.67 bits per heavy atom. The Morgan fingerprint density at radius 2 is 2.20 bits per heavy atom. The van der Waals surface area contributed by atoms with Crippen LogP contribution in [0.15, 0.2) is 12.1 Å². The Labute approximate surface area is 93.0 Å². The van der Waals surface area contributed by atoms with Gasteiger partial charge in [-0.3, -0.25) is 9.59 Å². The molecule has 0 saturated heterocycles. The molecule has 0 aliphatic carbocycles. The Hall–Kier alpha value is -1.35. The van der Waals surface area contributed by atoms with Crippen molar-refractivity contribution in [2.75, 3.05) is 13.0 Å². The summed E-state index contributed by atoms with van der Waals surface area (Å²) in [7, 11) is 1.45. The van der Waals surface area contributed by atoms with Crippen LogP contribution in [0.1, 0.15) is 26.3 Å². The quantitative estimate of drug-likeness (QED) is 0.449. The standard InChI is InChI=1S/C11H11ClO3/c1-7-3-8(6-13)11(15-2)4-9(7)10(14)5-12/h3-4,6H,5H2,1-2H3. The van der Waals surface area contributed by atoms with Gasteiger partial charge in [-0.2, -0.15) is 0 Å². The van der Waals surface area contributed by atoms with E-state index in [1.54, 1.807) is 19.1 Å². The van der Waals surface area contributed by atoms with E-state index in [2.05, 4.69) is 0 Å². The van der Waals surface area contributed by atoms with E-state index in [0.29, 0.717) is 23.2 Å². The molecule has 1 aromatic carbocycles.